The van der Waals surface area contributed by atoms with E-state index in [2.05, 4.69) is 5.32 Å². The molecule has 0 saturated carbocycles. The van der Waals surface area contributed by atoms with Crippen LogP contribution in [0.2, 0.25) is 0 Å². The van der Waals surface area contributed by atoms with Crippen molar-refractivity contribution in [3.63, 3.8) is 0 Å². The highest BCUT2D eigenvalue weighted by Crippen LogP contribution is 2.35. The molecule has 0 atom stereocenters. The van der Waals surface area contributed by atoms with E-state index in [1.54, 1.807) is 23.1 Å². The van der Waals surface area contributed by atoms with E-state index in [-0.39, 0.29) is 23.0 Å². The van der Waals surface area contributed by atoms with Crippen LogP contribution in [0.15, 0.2) is 30.3 Å². The van der Waals surface area contributed by atoms with Crippen molar-refractivity contribution in [3.8, 4) is 11.5 Å². The second-order valence-electron chi connectivity index (χ2n) is 6.59. The first-order valence-electron chi connectivity index (χ1n) is 8.98. The first-order chi connectivity index (χ1) is 13.8. The van der Waals surface area contributed by atoms with Crippen LogP contribution in [0, 0.1) is 17.0 Å². The Morgan fingerprint density at radius 3 is 2.41 bits per heavy atom. The number of hydrogen-bond acceptors (Lipinski definition) is 6. The third-order valence-electron chi connectivity index (χ3n) is 4.76. The second kappa shape index (κ2) is 8.17. The summed E-state index contributed by atoms with van der Waals surface area (Å²) in [5.41, 5.74) is 1.54. The number of nitrogens with zero attached hydrogens (tertiary/aromatic N) is 2. The Labute approximate surface area is 167 Å². The standard InChI is InChI=1S/C20H21N3O6/c1-12-9-13(6-7-15(12)22-8-4-5-19(22)24)21-20(25)14-10-17(28-2)18(29-3)11-16(14)23(26)27/h6-7,9-11H,4-5,8H2,1-3H3,(H,21,25). The Balaban J connectivity index is 1.89. The predicted octanol–water partition coefficient (Wildman–Crippen LogP) is 3.30. The summed E-state index contributed by atoms with van der Waals surface area (Å²) in [5.74, 6) is -0.207. The van der Waals surface area contributed by atoms with Crippen LogP contribution in [-0.4, -0.2) is 37.5 Å². The van der Waals surface area contributed by atoms with E-state index < -0.39 is 16.5 Å². The molecular formula is C20H21N3O6. The molecular weight excluding hydrogens is 378 g/mol. The van der Waals surface area contributed by atoms with Gasteiger partial charge in [-0.3, -0.25) is 19.7 Å². The summed E-state index contributed by atoms with van der Waals surface area (Å²) < 4.78 is 10.2. The average molecular weight is 399 g/mol. The maximum absolute atomic E-state index is 12.7. The fourth-order valence-corrected chi connectivity index (χ4v) is 3.34. The highest BCUT2D eigenvalue weighted by atomic mass is 16.6. The smallest absolute Gasteiger partial charge is 0.286 e. The molecule has 2 aromatic rings. The number of benzene rings is 2. The molecule has 9 nitrogen and oxygen atoms in total. The van der Waals surface area contributed by atoms with E-state index in [4.69, 9.17) is 9.47 Å². The van der Waals surface area contributed by atoms with E-state index in [0.717, 1.165) is 23.7 Å². The number of amides is 2. The van der Waals surface area contributed by atoms with Crippen LogP contribution in [-0.2, 0) is 4.79 Å². The van der Waals surface area contributed by atoms with Gasteiger partial charge in [0.15, 0.2) is 11.5 Å². The van der Waals surface area contributed by atoms with Crippen molar-refractivity contribution in [1.82, 2.24) is 0 Å². The van der Waals surface area contributed by atoms with Crippen LogP contribution < -0.4 is 19.7 Å². The van der Waals surface area contributed by atoms with Gasteiger partial charge in [-0.2, -0.15) is 0 Å². The molecule has 0 bridgehead atoms. The Kier molecular flexibility index (Phi) is 5.67. The minimum absolute atomic E-state index is 0.0749. The highest BCUT2D eigenvalue weighted by molar-refractivity contribution is 6.08. The zero-order valence-corrected chi connectivity index (χ0v) is 16.4. The number of nitrogens with one attached hydrogen (secondary N) is 1. The molecule has 0 unspecified atom stereocenters. The monoisotopic (exact) mass is 399 g/mol. The van der Waals surface area contributed by atoms with Gasteiger partial charge in [-0.05, 0) is 37.1 Å². The van der Waals surface area contributed by atoms with Crippen LogP contribution in [0.3, 0.4) is 0 Å². The molecule has 1 N–H and O–H groups in total. The minimum atomic E-state index is -0.651. The van der Waals surface area contributed by atoms with Gasteiger partial charge < -0.3 is 19.7 Å². The number of methoxy groups -OCH3 is 2. The summed E-state index contributed by atoms with van der Waals surface area (Å²) in [5, 5.41) is 14.1. The van der Waals surface area contributed by atoms with E-state index in [0.29, 0.717) is 18.7 Å². The molecule has 1 aliphatic heterocycles. The highest BCUT2D eigenvalue weighted by Gasteiger charge is 2.26. The van der Waals surface area contributed by atoms with Crippen LogP contribution in [0.4, 0.5) is 17.1 Å². The number of nitro benzene ring substituents is 1. The zero-order chi connectivity index (χ0) is 21.1. The van der Waals surface area contributed by atoms with Crippen molar-refractivity contribution in [1.29, 1.82) is 0 Å². The van der Waals surface area contributed by atoms with Crippen molar-refractivity contribution < 1.29 is 24.0 Å². The fraction of sp³-hybridized carbons (Fsp3) is 0.300. The first kappa shape index (κ1) is 20.1. The average Bonchev–Trinajstić information content (AvgIpc) is 3.12. The van der Waals surface area contributed by atoms with Crippen LogP contribution in [0.25, 0.3) is 0 Å². The molecule has 0 aromatic heterocycles. The molecule has 2 aromatic carbocycles. The SMILES string of the molecule is COc1cc(C(=O)Nc2ccc(N3CCCC3=O)c(C)c2)c([N+](=O)[O-])cc1OC. The quantitative estimate of drug-likeness (QED) is 0.589. The fourth-order valence-electron chi connectivity index (χ4n) is 3.34. The lowest BCUT2D eigenvalue weighted by Crippen LogP contribution is -2.24. The van der Waals surface area contributed by atoms with E-state index in [9.17, 15) is 19.7 Å². The van der Waals surface area contributed by atoms with E-state index in [1.165, 1.54) is 20.3 Å². The van der Waals surface area contributed by atoms with Gasteiger partial charge in [0.1, 0.15) is 5.56 Å². The molecule has 9 heteroatoms. The topological polar surface area (TPSA) is 111 Å². The van der Waals surface area contributed by atoms with Gasteiger partial charge in [-0.15, -0.1) is 0 Å². The number of rotatable bonds is 6. The summed E-state index contributed by atoms with van der Waals surface area (Å²) >= 11 is 0. The lowest BCUT2D eigenvalue weighted by molar-refractivity contribution is -0.385. The molecule has 1 saturated heterocycles. The normalized spacial score (nSPS) is 13.3. The Hall–Kier alpha value is -3.62. The third kappa shape index (κ3) is 3.98. The largest absolute Gasteiger partial charge is 0.493 e. The first-order valence-corrected chi connectivity index (χ1v) is 8.98. The van der Waals surface area contributed by atoms with Crippen LogP contribution in [0.1, 0.15) is 28.8 Å². The molecule has 29 heavy (non-hydrogen) atoms. The van der Waals surface area contributed by atoms with Gasteiger partial charge in [0, 0.05) is 30.4 Å². The molecule has 1 heterocycles. The maximum Gasteiger partial charge on any atom is 0.286 e. The number of anilines is 2. The number of carbonyl (C=O) groups excluding carboxylic acids is 2. The molecule has 0 radical (unpaired) electrons. The number of carbonyl (C=O) groups is 2. The second-order valence-corrected chi connectivity index (χ2v) is 6.59. The van der Waals surface area contributed by atoms with E-state index >= 15 is 0 Å². The summed E-state index contributed by atoms with van der Waals surface area (Å²) in [4.78, 5) is 37.2. The number of hydrogen-bond donors (Lipinski definition) is 1. The molecule has 152 valence electrons. The Morgan fingerprint density at radius 1 is 1.17 bits per heavy atom. The molecule has 0 spiro atoms. The van der Waals surface area contributed by atoms with Crippen molar-refractivity contribution >= 4 is 28.9 Å². The summed E-state index contributed by atoms with van der Waals surface area (Å²) in [6, 6.07) is 7.58. The van der Waals surface area contributed by atoms with Crippen molar-refractivity contribution in [2.75, 3.05) is 31.0 Å². The molecule has 1 fully saturated rings. The summed E-state index contributed by atoms with van der Waals surface area (Å²) in [6.45, 7) is 2.51. The maximum atomic E-state index is 12.7. The van der Waals surface area contributed by atoms with Gasteiger partial charge in [-0.1, -0.05) is 0 Å². The molecule has 2 amide bonds. The van der Waals surface area contributed by atoms with Gasteiger partial charge >= 0.3 is 0 Å². The third-order valence-corrected chi connectivity index (χ3v) is 4.76. The van der Waals surface area contributed by atoms with Crippen LogP contribution >= 0.6 is 0 Å². The van der Waals surface area contributed by atoms with Gasteiger partial charge in [0.05, 0.1) is 25.2 Å². The summed E-state index contributed by atoms with van der Waals surface area (Å²) in [6.07, 6.45) is 1.35. The molecule has 1 aliphatic rings. The van der Waals surface area contributed by atoms with Gasteiger partial charge in [0.2, 0.25) is 5.91 Å². The van der Waals surface area contributed by atoms with Crippen molar-refractivity contribution in [3.05, 3.63) is 51.6 Å². The number of ether oxygens (including phenoxy) is 2. The van der Waals surface area contributed by atoms with Crippen LogP contribution in [0.5, 0.6) is 11.5 Å². The number of nitro groups is 1. The Bertz CT molecular complexity index is 988. The lowest BCUT2D eigenvalue weighted by atomic mass is 10.1. The van der Waals surface area contributed by atoms with Gasteiger partial charge in [-0.25, -0.2) is 0 Å². The van der Waals surface area contributed by atoms with Crippen molar-refractivity contribution in [2.45, 2.75) is 19.8 Å². The van der Waals surface area contributed by atoms with Crippen molar-refractivity contribution in [2.24, 2.45) is 0 Å². The molecule has 3 rings (SSSR count). The lowest BCUT2D eigenvalue weighted by Gasteiger charge is -2.19. The predicted molar refractivity (Wildman–Crippen MR) is 107 cm³/mol. The Morgan fingerprint density at radius 2 is 1.86 bits per heavy atom. The minimum Gasteiger partial charge on any atom is -0.493 e. The molecule has 0 aliphatic carbocycles. The zero-order valence-electron chi connectivity index (χ0n) is 16.4. The van der Waals surface area contributed by atoms with Gasteiger partial charge in [0.25, 0.3) is 11.6 Å². The van der Waals surface area contributed by atoms with E-state index in [1.807, 2.05) is 6.92 Å². The number of aryl methyl sites for hydroxylation is 1. The summed E-state index contributed by atoms with van der Waals surface area (Å²) in [7, 11) is 2.74.